The SMILES string of the molecule is CCNCc1ccc(CN(CC)CCOC)s1. The maximum atomic E-state index is 5.12. The van der Waals surface area contributed by atoms with E-state index in [4.69, 9.17) is 4.74 Å². The van der Waals surface area contributed by atoms with Gasteiger partial charge in [0.2, 0.25) is 0 Å². The van der Waals surface area contributed by atoms with Crippen molar-refractivity contribution in [2.75, 3.05) is 33.4 Å². The van der Waals surface area contributed by atoms with E-state index in [1.165, 1.54) is 9.75 Å². The van der Waals surface area contributed by atoms with Crippen LogP contribution in [0, 0.1) is 0 Å². The number of hydrogen-bond donors (Lipinski definition) is 1. The van der Waals surface area contributed by atoms with Crippen molar-refractivity contribution in [3.05, 3.63) is 21.9 Å². The van der Waals surface area contributed by atoms with Crippen molar-refractivity contribution >= 4 is 11.3 Å². The normalized spacial score (nSPS) is 11.3. The predicted molar refractivity (Wildman–Crippen MR) is 74.5 cm³/mol. The molecule has 0 aliphatic rings. The smallest absolute Gasteiger partial charge is 0.0589 e. The van der Waals surface area contributed by atoms with Crippen LogP contribution in [0.3, 0.4) is 0 Å². The molecule has 1 N–H and O–H groups in total. The molecule has 1 rings (SSSR count). The van der Waals surface area contributed by atoms with Gasteiger partial charge in [0, 0.05) is 36.5 Å². The number of nitrogens with one attached hydrogen (secondary N) is 1. The molecule has 17 heavy (non-hydrogen) atoms. The standard InChI is InChI=1S/C13H24N2OS/c1-4-14-10-12-6-7-13(17-12)11-15(5-2)8-9-16-3/h6-7,14H,4-5,8-11H2,1-3H3. The van der Waals surface area contributed by atoms with Gasteiger partial charge in [-0.3, -0.25) is 4.90 Å². The Kier molecular flexibility index (Phi) is 7.44. The van der Waals surface area contributed by atoms with Gasteiger partial charge < -0.3 is 10.1 Å². The summed E-state index contributed by atoms with van der Waals surface area (Å²) in [5.41, 5.74) is 0. The molecule has 3 nitrogen and oxygen atoms in total. The van der Waals surface area contributed by atoms with Crippen LogP contribution in [0.25, 0.3) is 0 Å². The Balaban J connectivity index is 2.40. The van der Waals surface area contributed by atoms with E-state index in [-0.39, 0.29) is 0 Å². The van der Waals surface area contributed by atoms with Gasteiger partial charge in [0.25, 0.3) is 0 Å². The van der Waals surface area contributed by atoms with Gasteiger partial charge in [-0.15, -0.1) is 11.3 Å². The van der Waals surface area contributed by atoms with Gasteiger partial charge in [0.15, 0.2) is 0 Å². The number of methoxy groups -OCH3 is 1. The molecule has 1 heterocycles. The lowest BCUT2D eigenvalue weighted by atomic mass is 10.4. The molecule has 0 radical (unpaired) electrons. The molecule has 0 amide bonds. The van der Waals surface area contributed by atoms with Crippen molar-refractivity contribution in [1.29, 1.82) is 0 Å². The van der Waals surface area contributed by atoms with Crippen LogP contribution in [-0.4, -0.2) is 38.3 Å². The summed E-state index contributed by atoms with van der Waals surface area (Å²) in [4.78, 5) is 5.27. The second-order valence-electron chi connectivity index (χ2n) is 4.01. The van der Waals surface area contributed by atoms with E-state index in [2.05, 4.69) is 36.2 Å². The van der Waals surface area contributed by atoms with Crippen molar-refractivity contribution in [2.24, 2.45) is 0 Å². The Morgan fingerprint density at radius 2 is 2.06 bits per heavy atom. The van der Waals surface area contributed by atoms with E-state index >= 15 is 0 Å². The highest BCUT2D eigenvalue weighted by molar-refractivity contribution is 7.11. The molecular weight excluding hydrogens is 232 g/mol. The molecule has 4 heteroatoms. The number of ether oxygens (including phenoxy) is 1. The van der Waals surface area contributed by atoms with Gasteiger partial charge in [0.1, 0.15) is 0 Å². The van der Waals surface area contributed by atoms with Crippen LogP contribution in [0.1, 0.15) is 23.6 Å². The Morgan fingerprint density at radius 3 is 2.71 bits per heavy atom. The number of nitrogens with zero attached hydrogens (tertiary/aromatic N) is 1. The third-order valence-electron chi connectivity index (χ3n) is 2.70. The largest absolute Gasteiger partial charge is 0.383 e. The van der Waals surface area contributed by atoms with E-state index in [1.807, 2.05) is 11.3 Å². The molecule has 0 bridgehead atoms. The lowest BCUT2D eigenvalue weighted by molar-refractivity contribution is 0.148. The molecule has 0 aromatic carbocycles. The summed E-state index contributed by atoms with van der Waals surface area (Å²) in [6.45, 7) is 10.3. The van der Waals surface area contributed by atoms with Crippen LogP contribution in [-0.2, 0) is 17.8 Å². The van der Waals surface area contributed by atoms with Crippen LogP contribution < -0.4 is 5.32 Å². The van der Waals surface area contributed by atoms with Crippen molar-refractivity contribution in [1.82, 2.24) is 10.2 Å². The number of thiophene rings is 1. The summed E-state index contributed by atoms with van der Waals surface area (Å²) >= 11 is 1.91. The Morgan fingerprint density at radius 1 is 1.29 bits per heavy atom. The molecule has 0 spiro atoms. The quantitative estimate of drug-likeness (QED) is 0.734. The monoisotopic (exact) mass is 256 g/mol. The van der Waals surface area contributed by atoms with Crippen LogP contribution in [0.15, 0.2) is 12.1 Å². The zero-order valence-electron chi connectivity index (χ0n) is 11.2. The molecule has 0 saturated carbocycles. The first-order chi connectivity index (χ1) is 8.30. The maximum Gasteiger partial charge on any atom is 0.0589 e. The number of rotatable bonds is 9. The van der Waals surface area contributed by atoms with Crippen molar-refractivity contribution < 1.29 is 4.74 Å². The molecule has 1 aromatic heterocycles. The second kappa shape index (κ2) is 8.64. The lowest BCUT2D eigenvalue weighted by Crippen LogP contribution is -2.26. The van der Waals surface area contributed by atoms with Crippen LogP contribution in [0.4, 0.5) is 0 Å². The van der Waals surface area contributed by atoms with Gasteiger partial charge >= 0.3 is 0 Å². The first kappa shape index (κ1) is 14.6. The minimum Gasteiger partial charge on any atom is -0.383 e. The van der Waals surface area contributed by atoms with E-state index in [0.717, 1.165) is 39.3 Å². The van der Waals surface area contributed by atoms with E-state index in [1.54, 1.807) is 7.11 Å². The van der Waals surface area contributed by atoms with Crippen molar-refractivity contribution in [2.45, 2.75) is 26.9 Å². The first-order valence-electron chi connectivity index (χ1n) is 6.29. The van der Waals surface area contributed by atoms with Gasteiger partial charge in [-0.05, 0) is 25.2 Å². The fourth-order valence-corrected chi connectivity index (χ4v) is 2.67. The average Bonchev–Trinajstić information content (AvgIpc) is 2.79. The van der Waals surface area contributed by atoms with Crippen molar-refractivity contribution in [3.8, 4) is 0 Å². The molecule has 0 aliphatic heterocycles. The van der Waals surface area contributed by atoms with Crippen LogP contribution in [0.2, 0.25) is 0 Å². The summed E-state index contributed by atoms with van der Waals surface area (Å²) in [7, 11) is 1.76. The number of hydrogen-bond acceptors (Lipinski definition) is 4. The van der Waals surface area contributed by atoms with Gasteiger partial charge in [0.05, 0.1) is 6.61 Å². The number of likely N-dealkylation sites (N-methyl/N-ethyl adjacent to an activating group) is 1. The molecule has 0 aliphatic carbocycles. The fraction of sp³-hybridized carbons (Fsp3) is 0.692. The van der Waals surface area contributed by atoms with Gasteiger partial charge in [-0.2, -0.15) is 0 Å². The van der Waals surface area contributed by atoms with E-state index in [0.29, 0.717) is 0 Å². The molecular formula is C13H24N2OS. The molecule has 1 aromatic rings. The predicted octanol–water partition coefficient (Wildman–Crippen LogP) is 2.33. The Hall–Kier alpha value is -0.420. The summed E-state index contributed by atoms with van der Waals surface area (Å²) in [6.07, 6.45) is 0. The minimum absolute atomic E-state index is 0.809. The zero-order valence-corrected chi connectivity index (χ0v) is 12.0. The van der Waals surface area contributed by atoms with Crippen LogP contribution in [0.5, 0.6) is 0 Å². The minimum atomic E-state index is 0.809. The third-order valence-corrected chi connectivity index (χ3v) is 3.77. The maximum absolute atomic E-state index is 5.12. The highest BCUT2D eigenvalue weighted by Gasteiger charge is 2.05. The van der Waals surface area contributed by atoms with Crippen LogP contribution >= 0.6 is 11.3 Å². The summed E-state index contributed by atoms with van der Waals surface area (Å²) < 4.78 is 5.12. The summed E-state index contributed by atoms with van der Waals surface area (Å²) in [5.74, 6) is 0. The van der Waals surface area contributed by atoms with E-state index in [9.17, 15) is 0 Å². The average molecular weight is 256 g/mol. The first-order valence-corrected chi connectivity index (χ1v) is 7.11. The fourth-order valence-electron chi connectivity index (χ4n) is 1.64. The third kappa shape index (κ3) is 5.64. The van der Waals surface area contributed by atoms with Gasteiger partial charge in [-0.1, -0.05) is 13.8 Å². The van der Waals surface area contributed by atoms with Crippen molar-refractivity contribution in [3.63, 3.8) is 0 Å². The highest BCUT2D eigenvalue weighted by atomic mass is 32.1. The molecule has 0 atom stereocenters. The molecule has 0 fully saturated rings. The highest BCUT2D eigenvalue weighted by Crippen LogP contribution is 2.18. The molecule has 0 unspecified atom stereocenters. The second-order valence-corrected chi connectivity index (χ2v) is 5.26. The zero-order chi connectivity index (χ0) is 12.5. The van der Waals surface area contributed by atoms with E-state index < -0.39 is 0 Å². The lowest BCUT2D eigenvalue weighted by Gasteiger charge is -2.18. The summed E-state index contributed by atoms with van der Waals surface area (Å²) in [6, 6.07) is 4.47. The molecule has 98 valence electrons. The Labute approximate surface area is 109 Å². The Bertz CT molecular complexity index is 301. The molecule has 0 saturated heterocycles. The summed E-state index contributed by atoms with van der Waals surface area (Å²) in [5, 5.41) is 3.36. The topological polar surface area (TPSA) is 24.5 Å². The van der Waals surface area contributed by atoms with Gasteiger partial charge in [-0.25, -0.2) is 0 Å².